The van der Waals surface area contributed by atoms with Gasteiger partial charge in [0.25, 0.3) is 5.69 Å². The molecule has 0 spiro atoms. The number of hydrogen-bond acceptors (Lipinski definition) is 5. The molecule has 1 saturated heterocycles. The van der Waals surface area contributed by atoms with Gasteiger partial charge in [-0.1, -0.05) is 0 Å². The SMILES string of the molecule is CN(Cc1cc([N+](=O)[O-])ccc1N)CC1CCCOC1. The minimum Gasteiger partial charge on any atom is -0.398 e. The molecule has 1 atom stereocenters. The van der Waals surface area contributed by atoms with Crippen molar-refractivity contribution < 1.29 is 9.66 Å². The Kier molecular flexibility index (Phi) is 4.92. The summed E-state index contributed by atoms with van der Waals surface area (Å²) in [7, 11) is 2.01. The number of nitrogens with zero attached hydrogens (tertiary/aromatic N) is 2. The summed E-state index contributed by atoms with van der Waals surface area (Å²) in [5.74, 6) is 0.536. The van der Waals surface area contributed by atoms with Gasteiger partial charge in [-0.2, -0.15) is 0 Å². The number of ether oxygens (including phenoxy) is 1. The lowest BCUT2D eigenvalue weighted by atomic mass is 10.0. The first-order valence-electron chi connectivity index (χ1n) is 6.85. The normalized spacial score (nSPS) is 19.2. The van der Waals surface area contributed by atoms with Crippen LogP contribution in [-0.2, 0) is 11.3 Å². The number of nitrogens with two attached hydrogens (primary N) is 1. The molecule has 0 aliphatic carbocycles. The van der Waals surface area contributed by atoms with Crippen LogP contribution in [0.15, 0.2) is 18.2 Å². The molecule has 1 aromatic rings. The average molecular weight is 279 g/mol. The number of non-ortho nitro benzene ring substituents is 1. The number of nitro benzene ring substituents is 1. The van der Waals surface area contributed by atoms with E-state index in [9.17, 15) is 10.1 Å². The van der Waals surface area contributed by atoms with Gasteiger partial charge in [-0.3, -0.25) is 10.1 Å². The Bertz CT molecular complexity index is 473. The van der Waals surface area contributed by atoms with Crippen molar-refractivity contribution in [2.75, 3.05) is 32.5 Å². The predicted octanol–water partition coefficient (Wildman–Crippen LogP) is 2.04. The molecule has 2 N–H and O–H groups in total. The lowest BCUT2D eigenvalue weighted by Crippen LogP contribution is -2.30. The molecule has 1 aliphatic heterocycles. The topological polar surface area (TPSA) is 81.6 Å². The smallest absolute Gasteiger partial charge is 0.269 e. The molecule has 0 radical (unpaired) electrons. The molecule has 1 unspecified atom stereocenters. The lowest BCUT2D eigenvalue weighted by Gasteiger charge is -2.27. The summed E-state index contributed by atoms with van der Waals surface area (Å²) in [4.78, 5) is 12.6. The first-order valence-corrected chi connectivity index (χ1v) is 6.85. The van der Waals surface area contributed by atoms with Gasteiger partial charge >= 0.3 is 0 Å². The van der Waals surface area contributed by atoms with E-state index in [1.165, 1.54) is 12.5 Å². The van der Waals surface area contributed by atoms with Crippen molar-refractivity contribution in [2.24, 2.45) is 5.92 Å². The van der Waals surface area contributed by atoms with Crippen molar-refractivity contribution in [1.82, 2.24) is 4.90 Å². The highest BCUT2D eigenvalue weighted by Crippen LogP contribution is 2.22. The van der Waals surface area contributed by atoms with Crippen LogP contribution in [0.3, 0.4) is 0 Å². The first-order chi connectivity index (χ1) is 9.56. The number of nitro groups is 1. The Balaban J connectivity index is 1.97. The summed E-state index contributed by atoms with van der Waals surface area (Å²) in [6, 6.07) is 4.60. The summed E-state index contributed by atoms with van der Waals surface area (Å²) in [6.45, 7) is 3.19. The zero-order chi connectivity index (χ0) is 14.5. The highest BCUT2D eigenvalue weighted by Gasteiger charge is 2.17. The number of rotatable bonds is 5. The second-order valence-corrected chi connectivity index (χ2v) is 5.42. The molecular weight excluding hydrogens is 258 g/mol. The van der Waals surface area contributed by atoms with E-state index in [1.54, 1.807) is 12.1 Å². The van der Waals surface area contributed by atoms with E-state index < -0.39 is 4.92 Å². The van der Waals surface area contributed by atoms with Crippen LogP contribution in [0, 0.1) is 16.0 Å². The van der Waals surface area contributed by atoms with Crippen LogP contribution < -0.4 is 5.73 Å². The van der Waals surface area contributed by atoms with Crippen molar-refractivity contribution in [3.63, 3.8) is 0 Å². The van der Waals surface area contributed by atoms with E-state index in [0.717, 1.165) is 31.7 Å². The molecule has 1 aliphatic rings. The minimum atomic E-state index is -0.391. The van der Waals surface area contributed by atoms with Crippen LogP contribution in [0.1, 0.15) is 18.4 Å². The predicted molar refractivity (Wildman–Crippen MR) is 77.4 cm³/mol. The summed E-state index contributed by atoms with van der Waals surface area (Å²) in [5, 5.41) is 10.8. The molecule has 0 saturated carbocycles. The van der Waals surface area contributed by atoms with Crippen LogP contribution in [0.4, 0.5) is 11.4 Å². The third-order valence-corrected chi connectivity index (χ3v) is 3.60. The monoisotopic (exact) mass is 279 g/mol. The summed E-state index contributed by atoms with van der Waals surface area (Å²) >= 11 is 0. The van der Waals surface area contributed by atoms with Gasteiger partial charge in [-0.15, -0.1) is 0 Å². The van der Waals surface area contributed by atoms with Gasteiger partial charge in [0.15, 0.2) is 0 Å². The molecule has 1 fully saturated rings. The third kappa shape index (κ3) is 3.91. The molecular formula is C14H21N3O3. The average Bonchev–Trinajstić information content (AvgIpc) is 2.42. The van der Waals surface area contributed by atoms with Crippen LogP contribution in [-0.4, -0.2) is 36.6 Å². The van der Waals surface area contributed by atoms with Crippen molar-refractivity contribution >= 4 is 11.4 Å². The quantitative estimate of drug-likeness (QED) is 0.506. The van der Waals surface area contributed by atoms with E-state index in [0.29, 0.717) is 18.2 Å². The fourth-order valence-corrected chi connectivity index (χ4v) is 2.59. The maximum absolute atomic E-state index is 10.8. The Morgan fingerprint density at radius 1 is 1.55 bits per heavy atom. The molecule has 0 aromatic heterocycles. The van der Waals surface area contributed by atoms with Crippen molar-refractivity contribution in [3.8, 4) is 0 Å². The molecule has 0 amide bonds. The zero-order valence-electron chi connectivity index (χ0n) is 11.7. The Morgan fingerprint density at radius 3 is 3.00 bits per heavy atom. The lowest BCUT2D eigenvalue weighted by molar-refractivity contribution is -0.384. The summed E-state index contributed by atoms with van der Waals surface area (Å²) < 4.78 is 5.47. The van der Waals surface area contributed by atoms with Crippen LogP contribution in [0.2, 0.25) is 0 Å². The zero-order valence-corrected chi connectivity index (χ0v) is 11.7. The van der Waals surface area contributed by atoms with Gasteiger partial charge in [0, 0.05) is 37.5 Å². The van der Waals surface area contributed by atoms with Gasteiger partial charge in [0.05, 0.1) is 11.5 Å². The summed E-state index contributed by atoms with van der Waals surface area (Å²) in [6.07, 6.45) is 2.28. The van der Waals surface area contributed by atoms with Crippen LogP contribution in [0.5, 0.6) is 0 Å². The first kappa shape index (κ1) is 14.7. The molecule has 110 valence electrons. The highest BCUT2D eigenvalue weighted by atomic mass is 16.6. The number of benzene rings is 1. The summed E-state index contributed by atoms with van der Waals surface area (Å²) in [5.41, 5.74) is 7.39. The number of nitrogen functional groups attached to an aromatic ring is 1. The Hall–Kier alpha value is -1.66. The van der Waals surface area contributed by atoms with Gasteiger partial charge in [-0.25, -0.2) is 0 Å². The Labute approximate surface area is 118 Å². The number of anilines is 1. The van der Waals surface area contributed by atoms with Crippen molar-refractivity contribution in [3.05, 3.63) is 33.9 Å². The maximum atomic E-state index is 10.8. The van der Waals surface area contributed by atoms with Gasteiger partial charge in [0.2, 0.25) is 0 Å². The van der Waals surface area contributed by atoms with Gasteiger partial charge < -0.3 is 15.4 Å². The van der Waals surface area contributed by atoms with Crippen molar-refractivity contribution in [1.29, 1.82) is 0 Å². The molecule has 6 nitrogen and oxygen atoms in total. The third-order valence-electron chi connectivity index (χ3n) is 3.60. The van der Waals surface area contributed by atoms with E-state index in [1.807, 2.05) is 7.05 Å². The fraction of sp³-hybridized carbons (Fsp3) is 0.571. The molecule has 1 aromatic carbocycles. The van der Waals surface area contributed by atoms with Gasteiger partial charge in [-0.05, 0) is 37.4 Å². The van der Waals surface area contributed by atoms with Crippen LogP contribution in [0.25, 0.3) is 0 Å². The number of hydrogen-bond donors (Lipinski definition) is 1. The second kappa shape index (κ2) is 6.67. The standard InChI is InChI=1S/C14H21N3O3/c1-16(8-11-3-2-6-20-10-11)9-12-7-13(17(18)19)4-5-14(12)15/h4-5,7,11H,2-3,6,8-10,15H2,1H3. The Morgan fingerprint density at radius 2 is 2.35 bits per heavy atom. The van der Waals surface area contributed by atoms with E-state index in [-0.39, 0.29) is 5.69 Å². The van der Waals surface area contributed by atoms with Gasteiger partial charge in [0.1, 0.15) is 0 Å². The van der Waals surface area contributed by atoms with Crippen molar-refractivity contribution in [2.45, 2.75) is 19.4 Å². The highest BCUT2D eigenvalue weighted by molar-refractivity contribution is 5.52. The molecule has 20 heavy (non-hydrogen) atoms. The second-order valence-electron chi connectivity index (χ2n) is 5.42. The molecule has 2 rings (SSSR count). The largest absolute Gasteiger partial charge is 0.398 e. The van der Waals surface area contributed by atoms with Crippen LogP contribution >= 0.6 is 0 Å². The van der Waals surface area contributed by atoms with E-state index >= 15 is 0 Å². The van der Waals surface area contributed by atoms with E-state index in [4.69, 9.17) is 10.5 Å². The van der Waals surface area contributed by atoms with E-state index in [2.05, 4.69) is 4.90 Å². The molecule has 1 heterocycles. The minimum absolute atomic E-state index is 0.0867. The molecule has 0 bridgehead atoms. The molecule has 6 heteroatoms. The maximum Gasteiger partial charge on any atom is 0.269 e. The fourth-order valence-electron chi connectivity index (χ4n) is 2.59.